The average molecular weight is 244 g/mol. The van der Waals surface area contributed by atoms with Crippen molar-refractivity contribution in [2.75, 3.05) is 5.32 Å². The highest BCUT2D eigenvalue weighted by Crippen LogP contribution is 2.41. The molecule has 0 spiro atoms. The normalized spacial score (nSPS) is 16.5. The van der Waals surface area contributed by atoms with Crippen molar-refractivity contribution < 1.29 is 9.18 Å². The molecule has 0 saturated heterocycles. The second kappa shape index (κ2) is 3.45. The Balaban J connectivity index is 2.23. The molecule has 0 unspecified atom stereocenters. The average Bonchev–Trinajstić information content (AvgIpc) is 2.90. The van der Waals surface area contributed by atoms with Gasteiger partial charge in [-0.05, 0) is 43.7 Å². The Morgan fingerprint density at radius 1 is 1.28 bits per heavy atom. The van der Waals surface area contributed by atoms with Gasteiger partial charge in [0.1, 0.15) is 5.82 Å². The zero-order chi connectivity index (χ0) is 12.9. The van der Waals surface area contributed by atoms with Crippen LogP contribution in [0.4, 0.5) is 10.1 Å². The molecule has 2 aromatic rings. The molecule has 3 nitrogen and oxygen atoms in total. The predicted octanol–water partition coefficient (Wildman–Crippen LogP) is 3.05. The van der Waals surface area contributed by atoms with Crippen LogP contribution >= 0.6 is 0 Å². The number of amides is 1. The maximum absolute atomic E-state index is 14.0. The first-order valence-electron chi connectivity index (χ1n) is 5.79. The number of halogens is 1. The van der Waals surface area contributed by atoms with E-state index in [9.17, 15) is 9.18 Å². The van der Waals surface area contributed by atoms with Crippen molar-refractivity contribution in [1.29, 1.82) is 0 Å². The summed E-state index contributed by atoms with van der Waals surface area (Å²) < 4.78 is 14.0. The quantitative estimate of drug-likeness (QED) is 0.795. The summed E-state index contributed by atoms with van der Waals surface area (Å²) >= 11 is 0. The van der Waals surface area contributed by atoms with Crippen molar-refractivity contribution in [1.82, 2.24) is 4.98 Å². The molecule has 0 atom stereocenters. The fraction of sp³-hybridized carbons (Fsp3) is 0.214. The molecule has 1 aromatic carbocycles. The highest BCUT2D eigenvalue weighted by molar-refractivity contribution is 6.06. The van der Waals surface area contributed by atoms with Crippen molar-refractivity contribution in [3.8, 4) is 11.3 Å². The number of anilines is 1. The summed E-state index contributed by atoms with van der Waals surface area (Å²) in [4.78, 5) is 14.9. The smallest absolute Gasteiger partial charge is 0.234 e. The summed E-state index contributed by atoms with van der Waals surface area (Å²) in [5.74, 6) is -0.559. The molecular formula is C14H13FN2O. The van der Waals surface area contributed by atoms with Crippen LogP contribution in [0, 0.1) is 5.82 Å². The zero-order valence-corrected chi connectivity index (χ0v) is 10.2. The van der Waals surface area contributed by atoms with E-state index in [-0.39, 0.29) is 5.91 Å². The first kappa shape index (κ1) is 11.0. The van der Waals surface area contributed by atoms with Crippen LogP contribution in [-0.4, -0.2) is 10.9 Å². The first-order chi connectivity index (χ1) is 8.50. The Morgan fingerprint density at radius 3 is 2.72 bits per heavy atom. The van der Waals surface area contributed by atoms with Gasteiger partial charge in [0.05, 0.1) is 11.1 Å². The molecule has 0 bridgehead atoms. The molecule has 1 aliphatic rings. The number of hydrogen-bond acceptors (Lipinski definition) is 1. The molecule has 18 heavy (non-hydrogen) atoms. The number of hydrogen-bond donors (Lipinski definition) is 2. The maximum Gasteiger partial charge on any atom is 0.234 e. The number of aromatic nitrogens is 1. The van der Waals surface area contributed by atoms with Crippen molar-refractivity contribution in [2.24, 2.45) is 0 Å². The largest absolute Gasteiger partial charge is 0.361 e. The fourth-order valence-electron chi connectivity index (χ4n) is 2.28. The third kappa shape index (κ3) is 1.38. The van der Waals surface area contributed by atoms with Gasteiger partial charge in [-0.2, -0.15) is 0 Å². The van der Waals surface area contributed by atoms with Crippen LogP contribution in [0.3, 0.4) is 0 Å². The number of carbonyl (C=O) groups is 1. The van der Waals surface area contributed by atoms with Gasteiger partial charge in [-0.1, -0.05) is 0 Å². The molecule has 2 heterocycles. The summed E-state index contributed by atoms with van der Waals surface area (Å²) in [7, 11) is 0. The van der Waals surface area contributed by atoms with Gasteiger partial charge in [0.15, 0.2) is 0 Å². The standard InChI is InChI=1S/C14H13FN2O/c1-14(2)9-6-8(11-4-3-5-16-11)7-10(15)12(9)17-13(14)18/h3-7,16H,1-2H3,(H,17,18). The van der Waals surface area contributed by atoms with Crippen molar-refractivity contribution in [3.63, 3.8) is 0 Å². The Morgan fingerprint density at radius 2 is 2.06 bits per heavy atom. The molecule has 4 heteroatoms. The van der Waals surface area contributed by atoms with E-state index in [1.165, 1.54) is 6.07 Å². The second-order valence-corrected chi connectivity index (χ2v) is 5.04. The number of carbonyl (C=O) groups excluding carboxylic acids is 1. The minimum Gasteiger partial charge on any atom is -0.361 e. The lowest BCUT2D eigenvalue weighted by molar-refractivity contribution is -0.119. The summed E-state index contributed by atoms with van der Waals surface area (Å²) in [6.45, 7) is 3.60. The monoisotopic (exact) mass is 244 g/mol. The third-order valence-electron chi connectivity index (χ3n) is 3.48. The SMILES string of the molecule is CC1(C)C(=O)Nc2c(F)cc(-c3ccc[nH]3)cc21. The van der Waals surface area contributed by atoms with Gasteiger partial charge in [0, 0.05) is 17.5 Å². The van der Waals surface area contributed by atoms with Gasteiger partial charge in [0.25, 0.3) is 0 Å². The minimum atomic E-state index is -0.696. The van der Waals surface area contributed by atoms with E-state index in [1.807, 2.05) is 18.2 Å². The van der Waals surface area contributed by atoms with Gasteiger partial charge in [-0.15, -0.1) is 0 Å². The minimum absolute atomic E-state index is 0.167. The molecule has 1 aliphatic heterocycles. The van der Waals surface area contributed by atoms with Gasteiger partial charge < -0.3 is 10.3 Å². The number of H-pyrrole nitrogens is 1. The molecule has 1 amide bonds. The van der Waals surface area contributed by atoms with Crippen LogP contribution in [0.5, 0.6) is 0 Å². The van der Waals surface area contributed by atoms with Crippen molar-refractivity contribution in [2.45, 2.75) is 19.3 Å². The summed E-state index contributed by atoms with van der Waals surface area (Å²) in [6.07, 6.45) is 1.79. The number of rotatable bonds is 1. The molecule has 92 valence electrons. The highest BCUT2D eigenvalue weighted by atomic mass is 19.1. The number of benzene rings is 1. The molecule has 2 N–H and O–H groups in total. The topological polar surface area (TPSA) is 44.9 Å². The van der Waals surface area contributed by atoms with E-state index in [4.69, 9.17) is 0 Å². The van der Waals surface area contributed by atoms with E-state index in [2.05, 4.69) is 10.3 Å². The van der Waals surface area contributed by atoms with Crippen LogP contribution in [0.1, 0.15) is 19.4 Å². The number of nitrogens with one attached hydrogen (secondary N) is 2. The van der Waals surface area contributed by atoms with Gasteiger partial charge >= 0.3 is 0 Å². The first-order valence-corrected chi connectivity index (χ1v) is 5.79. The van der Waals surface area contributed by atoms with Crippen LogP contribution in [-0.2, 0) is 10.2 Å². The van der Waals surface area contributed by atoms with Crippen LogP contribution in [0.25, 0.3) is 11.3 Å². The third-order valence-corrected chi connectivity index (χ3v) is 3.48. The Hall–Kier alpha value is -2.10. The Kier molecular flexibility index (Phi) is 2.11. The van der Waals surface area contributed by atoms with Crippen LogP contribution < -0.4 is 5.32 Å². The molecule has 3 rings (SSSR count). The van der Waals surface area contributed by atoms with E-state index in [0.717, 1.165) is 11.3 Å². The van der Waals surface area contributed by atoms with Gasteiger partial charge in [-0.3, -0.25) is 4.79 Å². The summed E-state index contributed by atoms with van der Waals surface area (Å²) in [5.41, 5.74) is 1.91. The molecule has 1 aromatic heterocycles. The van der Waals surface area contributed by atoms with Crippen LogP contribution in [0.2, 0.25) is 0 Å². The lowest BCUT2D eigenvalue weighted by Crippen LogP contribution is -2.26. The second-order valence-electron chi connectivity index (χ2n) is 5.04. The van der Waals surface area contributed by atoms with Crippen molar-refractivity contribution >= 4 is 11.6 Å². The summed E-state index contributed by atoms with van der Waals surface area (Å²) in [6, 6.07) is 7.03. The maximum atomic E-state index is 14.0. The van der Waals surface area contributed by atoms with Gasteiger partial charge in [0.2, 0.25) is 5.91 Å². The highest BCUT2D eigenvalue weighted by Gasteiger charge is 2.40. The van der Waals surface area contributed by atoms with E-state index >= 15 is 0 Å². The molecular weight excluding hydrogens is 231 g/mol. The lowest BCUT2D eigenvalue weighted by atomic mass is 9.85. The lowest BCUT2D eigenvalue weighted by Gasteiger charge is -2.15. The van der Waals surface area contributed by atoms with E-state index in [0.29, 0.717) is 11.3 Å². The molecule has 0 radical (unpaired) electrons. The number of aromatic amines is 1. The van der Waals surface area contributed by atoms with Gasteiger partial charge in [-0.25, -0.2) is 4.39 Å². The molecule has 0 saturated carbocycles. The van der Waals surface area contributed by atoms with Crippen LogP contribution in [0.15, 0.2) is 30.5 Å². The van der Waals surface area contributed by atoms with E-state index < -0.39 is 11.2 Å². The summed E-state index contributed by atoms with van der Waals surface area (Å²) in [5, 5.41) is 2.60. The molecule has 0 aliphatic carbocycles. The Bertz CT molecular complexity index is 629. The van der Waals surface area contributed by atoms with E-state index in [1.54, 1.807) is 20.0 Å². The number of fused-ring (bicyclic) bond motifs is 1. The predicted molar refractivity (Wildman–Crippen MR) is 67.8 cm³/mol. The molecule has 0 fully saturated rings. The fourth-order valence-corrected chi connectivity index (χ4v) is 2.28. The Labute approximate surface area is 104 Å². The zero-order valence-electron chi connectivity index (χ0n) is 10.2. The van der Waals surface area contributed by atoms with Crippen molar-refractivity contribution in [3.05, 3.63) is 41.8 Å².